The van der Waals surface area contributed by atoms with Crippen molar-refractivity contribution in [2.45, 2.75) is 18.6 Å². The Hall–Kier alpha value is -3.40. The largest absolute Gasteiger partial charge is 0.370 e. The van der Waals surface area contributed by atoms with E-state index in [1.54, 1.807) is 12.1 Å². The number of nitriles is 1. The second-order valence-corrected chi connectivity index (χ2v) is 6.48. The number of non-ortho nitro benzene ring substituents is 1. The molecule has 0 spiro atoms. The average Bonchev–Trinajstić information content (AvgIpc) is 2.68. The Kier molecular flexibility index (Phi) is 3.81. The minimum absolute atomic E-state index is 0.0326. The summed E-state index contributed by atoms with van der Waals surface area (Å²) in [5.41, 5.74) is 3.48. The third-order valence-electron chi connectivity index (χ3n) is 5.08. The molecule has 0 saturated heterocycles. The van der Waals surface area contributed by atoms with Gasteiger partial charge in [0.15, 0.2) is 0 Å². The molecule has 0 aliphatic carbocycles. The van der Waals surface area contributed by atoms with Crippen LogP contribution in [0, 0.1) is 27.4 Å². The zero-order valence-corrected chi connectivity index (χ0v) is 14.1. The van der Waals surface area contributed by atoms with Crippen molar-refractivity contribution in [3.05, 3.63) is 69.8 Å². The summed E-state index contributed by atoms with van der Waals surface area (Å²) in [6, 6.07) is 16.5. The molecule has 26 heavy (non-hydrogen) atoms. The molecule has 2 aromatic rings. The lowest BCUT2D eigenvalue weighted by Crippen LogP contribution is -2.48. The van der Waals surface area contributed by atoms with Crippen LogP contribution in [0.25, 0.3) is 0 Å². The Morgan fingerprint density at radius 2 is 2.00 bits per heavy atom. The molecule has 0 bridgehead atoms. The fourth-order valence-electron chi connectivity index (χ4n) is 3.75. The monoisotopic (exact) mass is 348 g/mol. The molecular formula is C19H16N4O3. The summed E-state index contributed by atoms with van der Waals surface area (Å²) in [7, 11) is 1.94. The number of nitro groups is 1. The standard InChI is InChI=1S/C19H16N4O3/c1-22-18-5-3-2-4-14(18)16(11-20)15-10-17(21-26-19(15)22)12-6-8-13(9-7-12)23(24)25/h2-9,15-16,19H,10H2,1H3/t15-,16+,19-/m0/s1. The first-order valence-corrected chi connectivity index (χ1v) is 8.29. The maximum Gasteiger partial charge on any atom is 0.269 e. The molecule has 0 N–H and O–H groups in total. The summed E-state index contributed by atoms with van der Waals surface area (Å²) in [4.78, 5) is 18.2. The van der Waals surface area contributed by atoms with Crippen LogP contribution in [0.3, 0.4) is 0 Å². The molecule has 2 aromatic carbocycles. The second-order valence-electron chi connectivity index (χ2n) is 6.48. The van der Waals surface area contributed by atoms with E-state index in [-0.39, 0.29) is 23.8 Å². The van der Waals surface area contributed by atoms with Crippen molar-refractivity contribution in [2.75, 3.05) is 11.9 Å². The summed E-state index contributed by atoms with van der Waals surface area (Å²) in [5, 5.41) is 24.8. The van der Waals surface area contributed by atoms with Crippen LogP contribution >= 0.6 is 0 Å². The Balaban J connectivity index is 1.68. The number of fused-ring (bicyclic) bond motifs is 2. The zero-order chi connectivity index (χ0) is 18.3. The number of nitrogens with zero attached hydrogens (tertiary/aromatic N) is 4. The van der Waals surface area contributed by atoms with Gasteiger partial charge in [0.2, 0.25) is 6.23 Å². The lowest BCUT2D eigenvalue weighted by Gasteiger charge is -2.44. The predicted molar refractivity (Wildman–Crippen MR) is 95.8 cm³/mol. The molecule has 2 aliphatic heterocycles. The highest BCUT2D eigenvalue weighted by Crippen LogP contribution is 2.44. The molecule has 7 nitrogen and oxygen atoms in total. The summed E-state index contributed by atoms with van der Waals surface area (Å²) < 4.78 is 0. The van der Waals surface area contributed by atoms with Crippen LogP contribution in [-0.4, -0.2) is 23.9 Å². The van der Waals surface area contributed by atoms with Gasteiger partial charge in [0.05, 0.1) is 22.6 Å². The van der Waals surface area contributed by atoms with Gasteiger partial charge in [0, 0.05) is 37.2 Å². The number of hydrogen-bond acceptors (Lipinski definition) is 6. The number of oxime groups is 1. The smallest absolute Gasteiger partial charge is 0.269 e. The molecule has 7 heteroatoms. The first-order valence-electron chi connectivity index (χ1n) is 8.29. The van der Waals surface area contributed by atoms with Gasteiger partial charge in [-0.25, -0.2) is 0 Å². The highest BCUT2D eigenvalue weighted by molar-refractivity contribution is 6.01. The summed E-state index contributed by atoms with van der Waals surface area (Å²) in [6.45, 7) is 0. The Labute approximate surface area is 150 Å². The van der Waals surface area contributed by atoms with Crippen LogP contribution in [-0.2, 0) is 4.84 Å². The van der Waals surface area contributed by atoms with Crippen LogP contribution in [0.1, 0.15) is 23.5 Å². The first kappa shape index (κ1) is 16.1. The molecule has 0 unspecified atom stereocenters. The number of para-hydroxylation sites is 1. The topological polar surface area (TPSA) is 91.8 Å². The third-order valence-corrected chi connectivity index (χ3v) is 5.08. The van der Waals surface area contributed by atoms with Crippen molar-refractivity contribution in [1.82, 2.24) is 0 Å². The number of hydrogen-bond donors (Lipinski definition) is 0. The van der Waals surface area contributed by atoms with Crippen molar-refractivity contribution in [1.29, 1.82) is 5.26 Å². The molecule has 2 heterocycles. The molecule has 2 aliphatic rings. The SMILES string of the molecule is CN1c2ccccc2[C@@H](C#N)[C@@H]2CC(c3ccc([N+](=O)[O-])cc3)=NO[C@@H]21. The average molecular weight is 348 g/mol. The van der Waals surface area contributed by atoms with Gasteiger partial charge >= 0.3 is 0 Å². The number of rotatable bonds is 2. The lowest BCUT2D eigenvalue weighted by atomic mass is 9.77. The number of benzene rings is 2. The van der Waals surface area contributed by atoms with Gasteiger partial charge in [0.1, 0.15) is 0 Å². The quantitative estimate of drug-likeness (QED) is 0.612. The van der Waals surface area contributed by atoms with Crippen molar-refractivity contribution in [3.63, 3.8) is 0 Å². The van der Waals surface area contributed by atoms with E-state index >= 15 is 0 Å². The maximum absolute atomic E-state index is 10.8. The van der Waals surface area contributed by atoms with Gasteiger partial charge in [-0.3, -0.25) is 10.1 Å². The molecular weight excluding hydrogens is 332 g/mol. The van der Waals surface area contributed by atoms with Crippen LogP contribution in [0.2, 0.25) is 0 Å². The highest BCUT2D eigenvalue weighted by Gasteiger charge is 2.44. The Morgan fingerprint density at radius 3 is 2.69 bits per heavy atom. The summed E-state index contributed by atoms with van der Waals surface area (Å²) >= 11 is 0. The minimum atomic E-state index is -0.433. The first-order chi connectivity index (χ1) is 12.6. The van der Waals surface area contributed by atoms with E-state index in [1.807, 2.05) is 36.2 Å². The van der Waals surface area contributed by atoms with Gasteiger partial charge in [-0.05, 0) is 29.3 Å². The maximum atomic E-state index is 10.8. The van der Waals surface area contributed by atoms with E-state index in [4.69, 9.17) is 4.84 Å². The van der Waals surface area contributed by atoms with Gasteiger partial charge in [0.25, 0.3) is 5.69 Å². The van der Waals surface area contributed by atoms with E-state index in [0.717, 1.165) is 16.8 Å². The molecule has 130 valence electrons. The molecule has 0 saturated carbocycles. The zero-order valence-electron chi connectivity index (χ0n) is 14.1. The molecule has 0 radical (unpaired) electrons. The third kappa shape index (κ3) is 2.47. The minimum Gasteiger partial charge on any atom is -0.370 e. The van der Waals surface area contributed by atoms with Crippen LogP contribution < -0.4 is 4.90 Å². The van der Waals surface area contributed by atoms with Crippen LogP contribution in [0.5, 0.6) is 0 Å². The summed E-state index contributed by atoms with van der Waals surface area (Å²) in [6.07, 6.45) is 0.260. The van der Waals surface area contributed by atoms with E-state index in [1.165, 1.54) is 12.1 Å². The van der Waals surface area contributed by atoms with Crippen LogP contribution in [0.4, 0.5) is 11.4 Å². The Morgan fingerprint density at radius 1 is 1.27 bits per heavy atom. The fraction of sp³-hybridized carbons (Fsp3) is 0.263. The Bertz CT molecular complexity index is 933. The van der Waals surface area contributed by atoms with E-state index in [2.05, 4.69) is 11.2 Å². The normalized spacial score (nSPS) is 23.8. The van der Waals surface area contributed by atoms with Crippen molar-refractivity contribution in [2.24, 2.45) is 11.1 Å². The van der Waals surface area contributed by atoms with Crippen molar-refractivity contribution < 1.29 is 9.76 Å². The van der Waals surface area contributed by atoms with Gasteiger partial charge in [-0.2, -0.15) is 5.26 Å². The van der Waals surface area contributed by atoms with Crippen molar-refractivity contribution in [3.8, 4) is 6.07 Å². The van der Waals surface area contributed by atoms with Crippen LogP contribution in [0.15, 0.2) is 53.7 Å². The number of nitro benzene ring substituents is 1. The highest BCUT2D eigenvalue weighted by atomic mass is 16.7. The van der Waals surface area contributed by atoms with E-state index < -0.39 is 4.92 Å². The summed E-state index contributed by atoms with van der Waals surface area (Å²) in [5.74, 6) is -0.362. The molecule has 0 aromatic heterocycles. The van der Waals surface area contributed by atoms with Gasteiger partial charge in [-0.15, -0.1) is 0 Å². The van der Waals surface area contributed by atoms with E-state index in [0.29, 0.717) is 12.1 Å². The van der Waals surface area contributed by atoms with E-state index in [9.17, 15) is 15.4 Å². The predicted octanol–water partition coefficient (Wildman–Crippen LogP) is 3.42. The molecule has 0 amide bonds. The van der Waals surface area contributed by atoms with Gasteiger partial charge < -0.3 is 9.74 Å². The molecule has 3 atom stereocenters. The fourth-order valence-corrected chi connectivity index (χ4v) is 3.75. The molecule has 0 fully saturated rings. The van der Waals surface area contributed by atoms with Crippen molar-refractivity contribution >= 4 is 17.1 Å². The van der Waals surface area contributed by atoms with Gasteiger partial charge in [-0.1, -0.05) is 23.4 Å². The lowest BCUT2D eigenvalue weighted by molar-refractivity contribution is -0.384. The number of anilines is 1. The second kappa shape index (κ2) is 6.15. The molecule has 4 rings (SSSR count).